The zero-order valence-electron chi connectivity index (χ0n) is 12.4. The van der Waals surface area contributed by atoms with Crippen molar-refractivity contribution in [3.63, 3.8) is 0 Å². The third kappa shape index (κ3) is 5.10. The molecule has 1 rings (SSSR count). The fraction of sp³-hybridized carbons (Fsp3) is 0.923. The Morgan fingerprint density at radius 3 is 2.53 bits per heavy atom. The standard InChI is InChI=1S/C13H26N2O3S/c1-5-9-19(17,18)15-8-6-7-11(10-15)12(16)14-13(2,3)4/h11H,5-10H2,1-4H3,(H,14,16)/t11-/m1/s1. The van der Waals surface area contributed by atoms with Gasteiger partial charge in [-0.15, -0.1) is 0 Å². The van der Waals surface area contributed by atoms with Crippen LogP contribution in [0, 0.1) is 5.92 Å². The summed E-state index contributed by atoms with van der Waals surface area (Å²) < 4.78 is 25.5. The monoisotopic (exact) mass is 290 g/mol. The van der Waals surface area contributed by atoms with Gasteiger partial charge in [-0.3, -0.25) is 4.79 Å². The number of amides is 1. The van der Waals surface area contributed by atoms with Gasteiger partial charge in [0.2, 0.25) is 15.9 Å². The fourth-order valence-electron chi connectivity index (χ4n) is 2.27. The molecular formula is C13H26N2O3S. The Morgan fingerprint density at radius 1 is 1.37 bits per heavy atom. The average Bonchev–Trinajstić information content (AvgIpc) is 2.27. The van der Waals surface area contributed by atoms with E-state index in [0.717, 1.165) is 12.8 Å². The third-order valence-electron chi connectivity index (χ3n) is 3.11. The van der Waals surface area contributed by atoms with Crippen molar-refractivity contribution < 1.29 is 13.2 Å². The van der Waals surface area contributed by atoms with Crippen LogP contribution in [0.3, 0.4) is 0 Å². The van der Waals surface area contributed by atoms with E-state index in [9.17, 15) is 13.2 Å². The molecule has 1 aliphatic rings. The first kappa shape index (κ1) is 16.4. The number of carbonyl (C=O) groups is 1. The second kappa shape index (κ2) is 6.22. The molecule has 1 atom stereocenters. The molecule has 0 unspecified atom stereocenters. The van der Waals surface area contributed by atoms with Crippen molar-refractivity contribution in [1.82, 2.24) is 9.62 Å². The first-order valence-electron chi connectivity index (χ1n) is 6.95. The summed E-state index contributed by atoms with van der Waals surface area (Å²) in [6.45, 7) is 8.51. The lowest BCUT2D eigenvalue weighted by Gasteiger charge is -2.33. The Labute approximate surface area is 116 Å². The van der Waals surface area contributed by atoms with Crippen LogP contribution in [0.2, 0.25) is 0 Å². The highest BCUT2D eigenvalue weighted by molar-refractivity contribution is 7.89. The van der Waals surface area contributed by atoms with Gasteiger partial charge in [-0.1, -0.05) is 6.92 Å². The minimum absolute atomic E-state index is 0.0381. The van der Waals surface area contributed by atoms with Crippen molar-refractivity contribution >= 4 is 15.9 Å². The van der Waals surface area contributed by atoms with E-state index < -0.39 is 10.0 Å². The zero-order valence-corrected chi connectivity index (χ0v) is 13.2. The van der Waals surface area contributed by atoms with E-state index >= 15 is 0 Å². The number of nitrogens with one attached hydrogen (secondary N) is 1. The van der Waals surface area contributed by atoms with Crippen LogP contribution in [0.1, 0.15) is 47.0 Å². The molecule has 0 bridgehead atoms. The van der Waals surface area contributed by atoms with Crippen LogP contribution in [0.4, 0.5) is 0 Å². The maximum Gasteiger partial charge on any atom is 0.224 e. The number of carbonyl (C=O) groups excluding carboxylic acids is 1. The second-order valence-corrected chi connectivity index (χ2v) is 8.34. The summed E-state index contributed by atoms with van der Waals surface area (Å²) >= 11 is 0. The number of piperidine rings is 1. The van der Waals surface area contributed by atoms with Crippen molar-refractivity contribution in [3.05, 3.63) is 0 Å². The van der Waals surface area contributed by atoms with Crippen molar-refractivity contribution in [2.75, 3.05) is 18.8 Å². The van der Waals surface area contributed by atoms with Crippen LogP contribution in [-0.4, -0.2) is 43.0 Å². The lowest BCUT2D eigenvalue weighted by Crippen LogP contribution is -2.50. The molecule has 1 fully saturated rings. The van der Waals surface area contributed by atoms with E-state index in [1.165, 1.54) is 4.31 Å². The van der Waals surface area contributed by atoms with Gasteiger partial charge >= 0.3 is 0 Å². The Bertz CT molecular complexity index is 412. The molecule has 112 valence electrons. The molecule has 0 aromatic rings. The predicted molar refractivity (Wildman–Crippen MR) is 76.3 cm³/mol. The quantitative estimate of drug-likeness (QED) is 0.850. The Kier molecular flexibility index (Phi) is 5.38. The minimum atomic E-state index is -3.19. The SMILES string of the molecule is CCCS(=O)(=O)N1CCC[C@@H](C(=O)NC(C)(C)C)C1. The first-order chi connectivity index (χ1) is 8.65. The van der Waals surface area contributed by atoms with E-state index in [-0.39, 0.29) is 23.1 Å². The summed E-state index contributed by atoms with van der Waals surface area (Å²) in [6, 6.07) is 0. The van der Waals surface area contributed by atoms with E-state index in [1.807, 2.05) is 27.7 Å². The van der Waals surface area contributed by atoms with Gasteiger partial charge in [0.25, 0.3) is 0 Å². The Hall–Kier alpha value is -0.620. The largest absolute Gasteiger partial charge is 0.351 e. The Balaban J connectivity index is 2.67. The average molecular weight is 290 g/mol. The summed E-state index contributed by atoms with van der Waals surface area (Å²) in [5, 5.41) is 2.93. The lowest BCUT2D eigenvalue weighted by molar-refractivity contribution is -0.127. The zero-order chi connectivity index (χ0) is 14.7. The van der Waals surface area contributed by atoms with Gasteiger partial charge in [0.15, 0.2) is 0 Å². The van der Waals surface area contributed by atoms with Crippen LogP contribution in [-0.2, 0) is 14.8 Å². The molecule has 1 N–H and O–H groups in total. The molecular weight excluding hydrogens is 264 g/mol. The highest BCUT2D eigenvalue weighted by atomic mass is 32.2. The smallest absolute Gasteiger partial charge is 0.224 e. The number of sulfonamides is 1. The van der Waals surface area contributed by atoms with Crippen LogP contribution in [0.15, 0.2) is 0 Å². The molecule has 0 aliphatic carbocycles. The summed E-state index contributed by atoms with van der Waals surface area (Å²) in [4.78, 5) is 12.1. The van der Waals surface area contributed by atoms with Crippen LogP contribution < -0.4 is 5.32 Å². The minimum Gasteiger partial charge on any atom is -0.351 e. The van der Waals surface area contributed by atoms with Gasteiger partial charge in [-0.05, 0) is 40.0 Å². The van der Waals surface area contributed by atoms with Gasteiger partial charge in [0.1, 0.15) is 0 Å². The normalized spacial score (nSPS) is 22.2. The molecule has 0 spiro atoms. The van der Waals surface area contributed by atoms with Crippen molar-refractivity contribution in [1.29, 1.82) is 0 Å². The maximum absolute atomic E-state index is 12.1. The molecule has 1 amide bonds. The van der Waals surface area contributed by atoms with Crippen LogP contribution >= 0.6 is 0 Å². The maximum atomic E-state index is 12.1. The van der Waals surface area contributed by atoms with Gasteiger partial charge in [0, 0.05) is 18.6 Å². The van der Waals surface area contributed by atoms with Gasteiger partial charge in [0.05, 0.1) is 11.7 Å². The molecule has 0 saturated carbocycles. The van der Waals surface area contributed by atoms with Crippen molar-refractivity contribution in [2.45, 2.75) is 52.5 Å². The highest BCUT2D eigenvalue weighted by Crippen LogP contribution is 2.20. The van der Waals surface area contributed by atoms with E-state index in [0.29, 0.717) is 19.5 Å². The number of nitrogens with zero attached hydrogens (tertiary/aromatic N) is 1. The Morgan fingerprint density at radius 2 is 2.00 bits per heavy atom. The molecule has 0 radical (unpaired) electrons. The van der Waals surface area contributed by atoms with Gasteiger partial charge in [-0.25, -0.2) is 12.7 Å². The number of rotatable bonds is 4. The molecule has 19 heavy (non-hydrogen) atoms. The number of hydrogen-bond donors (Lipinski definition) is 1. The highest BCUT2D eigenvalue weighted by Gasteiger charge is 2.32. The fourth-order valence-corrected chi connectivity index (χ4v) is 3.86. The van der Waals surface area contributed by atoms with Crippen molar-refractivity contribution in [2.24, 2.45) is 5.92 Å². The van der Waals surface area contributed by atoms with E-state index in [4.69, 9.17) is 0 Å². The number of hydrogen-bond acceptors (Lipinski definition) is 3. The molecule has 0 aromatic carbocycles. The summed E-state index contributed by atoms with van der Waals surface area (Å²) in [5.41, 5.74) is -0.276. The van der Waals surface area contributed by atoms with Crippen LogP contribution in [0.5, 0.6) is 0 Å². The molecule has 5 nitrogen and oxygen atoms in total. The van der Waals surface area contributed by atoms with Crippen molar-refractivity contribution in [3.8, 4) is 0 Å². The summed E-state index contributed by atoms with van der Waals surface area (Å²) in [6.07, 6.45) is 2.13. The predicted octanol–water partition coefficient (Wildman–Crippen LogP) is 1.35. The van der Waals surface area contributed by atoms with Gasteiger partial charge in [-0.2, -0.15) is 0 Å². The second-order valence-electron chi connectivity index (χ2n) is 6.25. The van der Waals surface area contributed by atoms with E-state index in [2.05, 4.69) is 5.32 Å². The molecule has 1 saturated heterocycles. The molecule has 1 aliphatic heterocycles. The topological polar surface area (TPSA) is 66.5 Å². The molecule has 0 aromatic heterocycles. The summed E-state index contributed by atoms with van der Waals surface area (Å²) in [5.74, 6) is -0.0934. The molecule has 6 heteroatoms. The van der Waals surface area contributed by atoms with Crippen LogP contribution in [0.25, 0.3) is 0 Å². The van der Waals surface area contributed by atoms with Gasteiger partial charge < -0.3 is 5.32 Å². The van der Waals surface area contributed by atoms with E-state index in [1.54, 1.807) is 0 Å². The lowest BCUT2D eigenvalue weighted by atomic mass is 9.97. The summed E-state index contributed by atoms with van der Waals surface area (Å²) in [7, 11) is -3.19. The first-order valence-corrected chi connectivity index (χ1v) is 8.56. The third-order valence-corrected chi connectivity index (χ3v) is 5.15. The molecule has 1 heterocycles.